The highest BCUT2D eigenvalue weighted by Gasteiger charge is 2.12. The molecule has 2 nitrogen and oxygen atoms in total. The van der Waals surface area contributed by atoms with Crippen molar-refractivity contribution in [3.63, 3.8) is 0 Å². The monoisotopic (exact) mass is 145 g/mol. The maximum absolute atomic E-state index is 10.8. The number of hydrogen-bond donors (Lipinski definition) is 1. The van der Waals surface area contributed by atoms with Gasteiger partial charge in [-0.15, -0.1) is 0 Å². The fourth-order valence-electron chi connectivity index (χ4n) is 0.843. The molecule has 3 heteroatoms. The van der Waals surface area contributed by atoms with Crippen molar-refractivity contribution in [2.75, 3.05) is 12.3 Å². The first-order chi connectivity index (χ1) is 4.29. The van der Waals surface area contributed by atoms with Crippen molar-refractivity contribution in [1.82, 2.24) is 5.32 Å². The number of carbonyl (C=O) groups excluding carboxylic acids is 1. The normalized spacial score (nSPS) is 29.0. The fraction of sp³-hybridized carbons (Fsp3) is 0.833. The second-order valence-corrected chi connectivity index (χ2v) is 3.78. The highest BCUT2D eigenvalue weighted by Crippen LogP contribution is 2.14. The lowest BCUT2D eigenvalue weighted by Gasteiger charge is -2.01. The molecule has 1 atom stereocenters. The predicted molar refractivity (Wildman–Crippen MR) is 39.5 cm³/mol. The summed E-state index contributed by atoms with van der Waals surface area (Å²) in [7, 11) is 0. The molecule has 0 saturated carbocycles. The molecule has 1 amide bonds. The smallest absolute Gasteiger partial charge is 0.221 e. The average molecular weight is 145 g/mol. The lowest BCUT2D eigenvalue weighted by molar-refractivity contribution is -0.120. The number of carbonyl (C=O) groups is 1. The number of hydrogen-bond acceptors (Lipinski definition) is 2. The molecule has 1 aliphatic heterocycles. The van der Waals surface area contributed by atoms with Crippen LogP contribution in [-0.4, -0.2) is 23.5 Å². The maximum atomic E-state index is 10.8. The van der Waals surface area contributed by atoms with E-state index in [1.807, 2.05) is 11.8 Å². The van der Waals surface area contributed by atoms with E-state index in [4.69, 9.17) is 0 Å². The maximum Gasteiger partial charge on any atom is 0.221 e. The molecular formula is C6H11NOS. The number of rotatable bonds is 0. The number of thioether (sulfide) groups is 1. The number of nitrogens with one attached hydrogen (secondary N) is 1. The van der Waals surface area contributed by atoms with Crippen molar-refractivity contribution < 1.29 is 4.79 Å². The van der Waals surface area contributed by atoms with Crippen LogP contribution in [0.15, 0.2) is 0 Å². The Kier molecular flexibility index (Phi) is 2.39. The van der Waals surface area contributed by atoms with E-state index >= 15 is 0 Å². The van der Waals surface area contributed by atoms with Crippen LogP contribution in [0.5, 0.6) is 0 Å². The van der Waals surface area contributed by atoms with E-state index in [1.54, 1.807) is 0 Å². The topological polar surface area (TPSA) is 29.1 Å². The minimum atomic E-state index is 0.201. The van der Waals surface area contributed by atoms with Crippen molar-refractivity contribution in [2.45, 2.75) is 18.6 Å². The van der Waals surface area contributed by atoms with Gasteiger partial charge < -0.3 is 5.32 Å². The summed E-state index contributed by atoms with van der Waals surface area (Å²) in [5, 5.41) is 3.32. The molecule has 0 aromatic heterocycles. The van der Waals surface area contributed by atoms with Crippen LogP contribution in [0.2, 0.25) is 0 Å². The van der Waals surface area contributed by atoms with Gasteiger partial charge in [0, 0.05) is 24.0 Å². The Morgan fingerprint density at radius 1 is 1.78 bits per heavy atom. The van der Waals surface area contributed by atoms with Crippen molar-refractivity contribution in [1.29, 1.82) is 0 Å². The van der Waals surface area contributed by atoms with E-state index in [0.29, 0.717) is 11.7 Å². The van der Waals surface area contributed by atoms with Gasteiger partial charge in [0.2, 0.25) is 5.91 Å². The largest absolute Gasteiger partial charge is 0.355 e. The number of amides is 1. The molecule has 0 unspecified atom stereocenters. The van der Waals surface area contributed by atoms with E-state index in [0.717, 1.165) is 12.3 Å². The van der Waals surface area contributed by atoms with Crippen molar-refractivity contribution in [2.24, 2.45) is 0 Å². The Bertz CT molecular complexity index is 116. The first kappa shape index (κ1) is 6.93. The third-order valence-corrected chi connectivity index (χ3v) is 2.47. The van der Waals surface area contributed by atoms with Crippen LogP contribution in [0, 0.1) is 0 Å². The highest BCUT2D eigenvalue weighted by molar-refractivity contribution is 7.99. The molecule has 1 aliphatic rings. The highest BCUT2D eigenvalue weighted by atomic mass is 32.2. The Morgan fingerprint density at radius 2 is 2.56 bits per heavy atom. The summed E-state index contributed by atoms with van der Waals surface area (Å²) in [5.41, 5.74) is 0. The molecule has 0 bridgehead atoms. The molecule has 0 aliphatic carbocycles. The first-order valence-electron chi connectivity index (χ1n) is 3.17. The average Bonchev–Trinajstić information content (AvgIpc) is 1.93. The Balaban J connectivity index is 2.37. The van der Waals surface area contributed by atoms with E-state index in [1.165, 1.54) is 0 Å². The van der Waals surface area contributed by atoms with Crippen LogP contribution in [0.25, 0.3) is 0 Å². The zero-order valence-electron chi connectivity index (χ0n) is 5.52. The summed E-state index contributed by atoms with van der Waals surface area (Å²) >= 11 is 1.86. The zero-order valence-corrected chi connectivity index (χ0v) is 6.33. The SMILES string of the molecule is C[C@H]1CC(=O)NCCS1. The summed E-state index contributed by atoms with van der Waals surface area (Å²) < 4.78 is 0. The minimum absolute atomic E-state index is 0.201. The van der Waals surface area contributed by atoms with Gasteiger partial charge in [-0.2, -0.15) is 11.8 Å². The molecule has 0 aromatic carbocycles. The van der Waals surface area contributed by atoms with Crippen LogP contribution in [-0.2, 0) is 4.79 Å². The van der Waals surface area contributed by atoms with Crippen molar-refractivity contribution in [3.8, 4) is 0 Å². The van der Waals surface area contributed by atoms with Crippen molar-refractivity contribution >= 4 is 17.7 Å². The summed E-state index contributed by atoms with van der Waals surface area (Å²) in [6.45, 7) is 2.93. The quantitative estimate of drug-likeness (QED) is 0.541. The Labute approximate surface area is 59.4 Å². The van der Waals surface area contributed by atoms with Gasteiger partial charge in [0.15, 0.2) is 0 Å². The van der Waals surface area contributed by atoms with Gasteiger partial charge in [0.05, 0.1) is 0 Å². The Hall–Kier alpha value is -0.180. The van der Waals surface area contributed by atoms with E-state index in [9.17, 15) is 4.79 Å². The molecule has 1 rings (SSSR count). The van der Waals surface area contributed by atoms with Gasteiger partial charge in [-0.05, 0) is 0 Å². The third-order valence-electron chi connectivity index (χ3n) is 1.30. The zero-order chi connectivity index (χ0) is 6.69. The Morgan fingerprint density at radius 3 is 3.33 bits per heavy atom. The van der Waals surface area contributed by atoms with Gasteiger partial charge in [-0.25, -0.2) is 0 Å². The van der Waals surface area contributed by atoms with E-state index in [2.05, 4.69) is 12.2 Å². The standard InChI is InChI=1S/C6H11NOS/c1-5-4-6(8)7-2-3-9-5/h5H,2-4H2,1H3,(H,7,8)/t5-/m0/s1. The second-order valence-electron chi connectivity index (χ2n) is 2.24. The van der Waals surface area contributed by atoms with E-state index in [-0.39, 0.29) is 5.91 Å². The van der Waals surface area contributed by atoms with Crippen LogP contribution in [0.4, 0.5) is 0 Å². The van der Waals surface area contributed by atoms with Gasteiger partial charge in [0.25, 0.3) is 0 Å². The van der Waals surface area contributed by atoms with Gasteiger partial charge in [-0.1, -0.05) is 6.92 Å². The molecule has 0 radical (unpaired) electrons. The van der Waals surface area contributed by atoms with Crippen LogP contribution in [0.3, 0.4) is 0 Å². The van der Waals surface area contributed by atoms with Crippen LogP contribution >= 0.6 is 11.8 Å². The van der Waals surface area contributed by atoms with E-state index < -0.39 is 0 Å². The summed E-state index contributed by atoms with van der Waals surface area (Å²) in [4.78, 5) is 10.8. The molecule has 1 N–H and O–H groups in total. The second kappa shape index (κ2) is 3.11. The lowest BCUT2D eigenvalue weighted by atomic mass is 10.3. The van der Waals surface area contributed by atoms with Gasteiger partial charge in [0.1, 0.15) is 0 Å². The lowest BCUT2D eigenvalue weighted by Crippen LogP contribution is -2.23. The molecule has 1 heterocycles. The summed E-state index contributed by atoms with van der Waals surface area (Å²) in [6.07, 6.45) is 0.685. The fourth-order valence-corrected chi connectivity index (χ4v) is 1.73. The molecule has 9 heavy (non-hydrogen) atoms. The van der Waals surface area contributed by atoms with Crippen molar-refractivity contribution in [3.05, 3.63) is 0 Å². The molecule has 52 valence electrons. The summed E-state index contributed by atoms with van der Waals surface area (Å²) in [6, 6.07) is 0. The van der Waals surface area contributed by atoms with Crippen LogP contribution in [0.1, 0.15) is 13.3 Å². The first-order valence-corrected chi connectivity index (χ1v) is 4.22. The third kappa shape index (κ3) is 2.26. The molecular weight excluding hydrogens is 134 g/mol. The molecule has 0 aromatic rings. The van der Waals surface area contributed by atoms with Gasteiger partial charge >= 0.3 is 0 Å². The van der Waals surface area contributed by atoms with Gasteiger partial charge in [-0.3, -0.25) is 4.79 Å². The minimum Gasteiger partial charge on any atom is -0.355 e. The summed E-state index contributed by atoms with van der Waals surface area (Å²) in [5.74, 6) is 1.26. The molecule has 1 saturated heterocycles. The molecule has 1 fully saturated rings. The molecule has 0 spiro atoms. The predicted octanol–water partition coefficient (Wildman–Crippen LogP) is 0.628. The van der Waals surface area contributed by atoms with Crippen LogP contribution < -0.4 is 5.32 Å².